The first-order valence-electron chi connectivity index (χ1n) is 7.43. The lowest BCUT2D eigenvalue weighted by Gasteiger charge is -2.28. The molecule has 1 amide bonds. The summed E-state index contributed by atoms with van der Waals surface area (Å²) in [5, 5.41) is 10.1. The number of nitrogens with zero attached hydrogens (tertiary/aromatic N) is 1. The van der Waals surface area contributed by atoms with Gasteiger partial charge >= 0.3 is 5.97 Å². The quantitative estimate of drug-likeness (QED) is 0.583. The van der Waals surface area contributed by atoms with Crippen LogP contribution in [0.2, 0.25) is 5.02 Å². The van der Waals surface area contributed by atoms with Crippen molar-refractivity contribution in [1.82, 2.24) is 4.90 Å². The van der Waals surface area contributed by atoms with E-state index in [2.05, 4.69) is 4.74 Å². The second-order valence-corrected chi connectivity index (χ2v) is 5.42. The van der Waals surface area contributed by atoms with Crippen LogP contribution in [0.3, 0.4) is 0 Å². The molecule has 1 aromatic rings. The van der Waals surface area contributed by atoms with Crippen molar-refractivity contribution in [1.29, 1.82) is 0 Å². The fraction of sp³-hybridized carbons (Fsp3) is 0.412. The number of aliphatic hydroxyl groups is 1. The summed E-state index contributed by atoms with van der Waals surface area (Å²) < 4.78 is 4.60. The molecule has 0 aliphatic rings. The predicted molar refractivity (Wildman–Crippen MR) is 90.0 cm³/mol. The maximum absolute atomic E-state index is 12.4. The van der Waals surface area contributed by atoms with Gasteiger partial charge in [0, 0.05) is 17.6 Å². The van der Waals surface area contributed by atoms with E-state index < -0.39 is 5.97 Å². The van der Waals surface area contributed by atoms with E-state index in [-0.39, 0.29) is 31.5 Å². The maximum atomic E-state index is 12.4. The molecule has 0 saturated carbocycles. The molecule has 0 aliphatic carbocycles. The maximum Gasteiger partial charge on any atom is 0.307 e. The van der Waals surface area contributed by atoms with Gasteiger partial charge in [-0.05, 0) is 30.2 Å². The standard InChI is InChI=1S/C17H22ClNO4/c1-3-15(12-20)19(11-10-17(22)23-2)16(21)9-6-13-4-7-14(18)8-5-13/h4-9,15,20H,3,10-12H2,1-2H3/b9-6+. The Hall–Kier alpha value is -1.85. The Kier molecular flexibility index (Phi) is 8.37. The zero-order valence-electron chi connectivity index (χ0n) is 13.4. The number of aliphatic hydroxyl groups excluding tert-OH is 1. The van der Waals surface area contributed by atoms with Crippen LogP contribution in [-0.2, 0) is 14.3 Å². The highest BCUT2D eigenvalue weighted by Gasteiger charge is 2.21. The van der Waals surface area contributed by atoms with Gasteiger partial charge in [-0.3, -0.25) is 9.59 Å². The summed E-state index contributed by atoms with van der Waals surface area (Å²) in [5.41, 5.74) is 0.840. The largest absolute Gasteiger partial charge is 0.469 e. The summed E-state index contributed by atoms with van der Waals surface area (Å²) in [5.74, 6) is -0.651. The molecular weight excluding hydrogens is 318 g/mol. The molecule has 0 spiro atoms. The van der Waals surface area contributed by atoms with Gasteiger partial charge in [-0.25, -0.2) is 0 Å². The number of ether oxygens (including phenoxy) is 1. The monoisotopic (exact) mass is 339 g/mol. The van der Waals surface area contributed by atoms with Crippen molar-refractivity contribution in [3.05, 3.63) is 40.9 Å². The SMILES string of the molecule is CCC(CO)N(CCC(=O)OC)C(=O)/C=C/c1ccc(Cl)cc1. The Morgan fingerprint density at radius 2 is 2.00 bits per heavy atom. The van der Waals surface area contributed by atoms with Crippen molar-refractivity contribution < 1.29 is 19.4 Å². The molecule has 1 unspecified atom stereocenters. The Morgan fingerprint density at radius 1 is 1.35 bits per heavy atom. The molecule has 126 valence electrons. The third kappa shape index (κ3) is 6.42. The van der Waals surface area contributed by atoms with Gasteiger partial charge in [0.1, 0.15) is 0 Å². The Morgan fingerprint density at radius 3 is 2.52 bits per heavy atom. The minimum atomic E-state index is -0.391. The van der Waals surface area contributed by atoms with Crippen LogP contribution in [0.25, 0.3) is 6.08 Å². The van der Waals surface area contributed by atoms with Gasteiger partial charge in [-0.2, -0.15) is 0 Å². The number of benzene rings is 1. The third-order valence-electron chi connectivity index (χ3n) is 3.48. The fourth-order valence-electron chi connectivity index (χ4n) is 2.07. The van der Waals surface area contributed by atoms with Gasteiger partial charge in [0.15, 0.2) is 0 Å². The highest BCUT2D eigenvalue weighted by Crippen LogP contribution is 2.12. The molecule has 1 aromatic carbocycles. The van der Waals surface area contributed by atoms with E-state index >= 15 is 0 Å². The zero-order valence-corrected chi connectivity index (χ0v) is 14.1. The topological polar surface area (TPSA) is 66.8 Å². The normalized spacial score (nSPS) is 12.2. The number of halogens is 1. The Labute approximate surface area is 141 Å². The van der Waals surface area contributed by atoms with Crippen LogP contribution in [0, 0.1) is 0 Å². The molecule has 1 rings (SSSR count). The van der Waals surface area contributed by atoms with Crippen LogP contribution < -0.4 is 0 Å². The van der Waals surface area contributed by atoms with Crippen molar-refractivity contribution in [3.8, 4) is 0 Å². The van der Waals surface area contributed by atoms with Crippen molar-refractivity contribution in [2.75, 3.05) is 20.3 Å². The predicted octanol–water partition coefficient (Wildman–Crippen LogP) is 2.52. The summed E-state index contributed by atoms with van der Waals surface area (Å²) in [4.78, 5) is 25.2. The van der Waals surface area contributed by atoms with Crippen LogP contribution in [0.4, 0.5) is 0 Å². The van der Waals surface area contributed by atoms with Gasteiger partial charge in [-0.15, -0.1) is 0 Å². The highest BCUT2D eigenvalue weighted by molar-refractivity contribution is 6.30. The van der Waals surface area contributed by atoms with Gasteiger partial charge < -0.3 is 14.7 Å². The molecule has 6 heteroatoms. The minimum absolute atomic E-state index is 0.0908. The zero-order chi connectivity index (χ0) is 17.2. The van der Waals surface area contributed by atoms with Crippen LogP contribution in [-0.4, -0.2) is 48.2 Å². The minimum Gasteiger partial charge on any atom is -0.469 e. The molecule has 0 fully saturated rings. The van der Waals surface area contributed by atoms with Crippen molar-refractivity contribution in [2.24, 2.45) is 0 Å². The molecule has 0 aromatic heterocycles. The lowest BCUT2D eigenvalue weighted by molar-refractivity contribution is -0.142. The van der Waals surface area contributed by atoms with Crippen LogP contribution in [0.15, 0.2) is 30.3 Å². The Balaban J connectivity index is 2.80. The first kappa shape index (κ1) is 19.2. The molecule has 1 N–H and O–H groups in total. The lowest BCUT2D eigenvalue weighted by atomic mass is 10.1. The summed E-state index contributed by atoms with van der Waals surface area (Å²) in [6, 6.07) is 6.75. The number of carbonyl (C=O) groups is 2. The number of carbonyl (C=O) groups excluding carboxylic acids is 2. The fourth-order valence-corrected chi connectivity index (χ4v) is 2.20. The third-order valence-corrected chi connectivity index (χ3v) is 3.73. The summed E-state index contributed by atoms with van der Waals surface area (Å²) in [6.07, 6.45) is 3.79. The van der Waals surface area contributed by atoms with E-state index in [1.807, 2.05) is 6.92 Å². The molecule has 1 atom stereocenters. The molecule has 5 nitrogen and oxygen atoms in total. The summed E-state index contributed by atoms with van der Waals surface area (Å²) in [6.45, 7) is 1.93. The molecule has 0 bridgehead atoms. The van der Waals surface area contributed by atoms with E-state index in [0.717, 1.165) is 5.56 Å². The number of hydrogen-bond donors (Lipinski definition) is 1. The van der Waals surface area contributed by atoms with E-state index in [9.17, 15) is 14.7 Å². The summed E-state index contributed by atoms with van der Waals surface area (Å²) >= 11 is 5.82. The van der Waals surface area contributed by atoms with Crippen LogP contribution >= 0.6 is 11.6 Å². The van der Waals surface area contributed by atoms with E-state index in [1.54, 1.807) is 30.3 Å². The molecule has 0 radical (unpaired) electrons. The van der Waals surface area contributed by atoms with Gasteiger partial charge in [0.05, 0.1) is 26.2 Å². The van der Waals surface area contributed by atoms with E-state index in [4.69, 9.17) is 11.6 Å². The molecule has 0 heterocycles. The number of amides is 1. The number of hydrogen-bond acceptors (Lipinski definition) is 4. The molecular formula is C17H22ClNO4. The van der Waals surface area contributed by atoms with Crippen molar-refractivity contribution in [3.63, 3.8) is 0 Å². The average Bonchev–Trinajstić information content (AvgIpc) is 2.57. The van der Waals surface area contributed by atoms with Crippen LogP contribution in [0.1, 0.15) is 25.3 Å². The Bertz CT molecular complexity index is 538. The van der Waals surface area contributed by atoms with Crippen molar-refractivity contribution in [2.45, 2.75) is 25.8 Å². The molecule has 0 saturated heterocycles. The van der Waals surface area contributed by atoms with Gasteiger partial charge in [0.2, 0.25) is 5.91 Å². The summed E-state index contributed by atoms with van der Waals surface area (Å²) in [7, 11) is 1.30. The van der Waals surface area contributed by atoms with Gasteiger partial charge in [0.25, 0.3) is 0 Å². The van der Waals surface area contributed by atoms with E-state index in [1.165, 1.54) is 18.1 Å². The van der Waals surface area contributed by atoms with E-state index in [0.29, 0.717) is 11.4 Å². The average molecular weight is 340 g/mol. The number of esters is 1. The molecule has 23 heavy (non-hydrogen) atoms. The second-order valence-electron chi connectivity index (χ2n) is 4.99. The smallest absolute Gasteiger partial charge is 0.307 e. The first-order valence-corrected chi connectivity index (χ1v) is 7.81. The van der Waals surface area contributed by atoms with Crippen LogP contribution in [0.5, 0.6) is 0 Å². The first-order chi connectivity index (χ1) is 11.0. The number of methoxy groups -OCH3 is 1. The highest BCUT2D eigenvalue weighted by atomic mass is 35.5. The van der Waals surface area contributed by atoms with Crippen molar-refractivity contribution >= 4 is 29.6 Å². The van der Waals surface area contributed by atoms with Gasteiger partial charge in [-0.1, -0.05) is 30.7 Å². The molecule has 0 aliphatic heterocycles. The number of rotatable bonds is 8. The second kappa shape index (κ2) is 10.0. The lowest BCUT2D eigenvalue weighted by Crippen LogP contribution is -2.42.